The smallest absolute Gasteiger partial charge is 0.142 e. The zero-order valence-electron chi connectivity index (χ0n) is 13.1. The van der Waals surface area contributed by atoms with Gasteiger partial charge in [0.2, 0.25) is 0 Å². The van der Waals surface area contributed by atoms with Gasteiger partial charge in [0.25, 0.3) is 0 Å². The minimum Gasteiger partial charge on any atom is -0.495 e. The maximum atomic E-state index is 5.56. The van der Waals surface area contributed by atoms with Crippen molar-refractivity contribution in [2.75, 3.05) is 12.0 Å². The lowest BCUT2D eigenvalue weighted by Gasteiger charge is -2.27. The molecule has 0 N–H and O–H groups in total. The first-order chi connectivity index (χ1) is 11.3. The Morgan fingerprint density at radius 2 is 1.39 bits per heavy atom. The SMILES string of the molecule is C=Cc1ccc(N(c2ccccc2)c2ccccc2OC)cc1. The summed E-state index contributed by atoms with van der Waals surface area (Å²) in [5.41, 5.74) is 4.27. The van der Waals surface area contributed by atoms with Crippen LogP contribution in [0.3, 0.4) is 0 Å². The van der Waals surface area contributed by atoms with Crippen molar-refractivity contribution in [1.82, 2.24) is 0 Å². The van der Waals surface area contributed by atoms with Crippen LogP contribution in [0.5, 0.6) is 5.75 Å². The molecule has 0 saturated carbocycles. The molecule has 2 nitrogen and oxygen atoms in total. The van der Waals surface area contributed by atoms with E-state index in [1.54, 1.807) is 7.11 Å². The van der Waals surface area contributed by atoms with Gasteiger partial charge in [-0.05, 0) is 42.0 Å². The molecule has 0 bridgehead atoms. The van der Waals surface area contributed by atoms with E-state index in [2.05, 4.69) is 53.9 Å². The highest BCUT2D eigenvalue weighted by molar-refractivity contribution is 5.80. The van der Waals surface area contributed by atoms with Crippen LogP contribution in [-0.2, 0) is 0 Å². The monoisotopic (exact) mass is 301 g/mol. The third-order valence-corrected chi connectivity index (χ3v) is 3.73. The molecule has 114 valence electrons. The van der Waals surface area contributed by atoms with E-state index in [0.29, 0.717) is 0 Å². The molecule has 3 aromatic carbocycles. The van der Waals surface area contributed by atoms with Crippen LogP contribution in [0.25, 0.3) is 6.08 Å². The van der Waals surface area contributed by atoms with E-state index in [4.69, 9.17) is 4.74 Å². The number of rotatable bonds is 5. The third-order valence-electron chi connectivity index (χ3n) is 3.73. The van der Waals surface area contributed by atoms with Crippen molar-refractivity contribution < 1.29 is 4.74 Å². The van der Waals surface area contributed by atoms with E-state index >= 15 is 0 Å². The Balaban J connectivity index is 2.15. The Morgan fingerprint density at radius 3 is 2.04 bits per heavy atom. The van der Waals surface area contributed by atoms with E-state index in [9.17, 15) is 0 Å². The van der Waals surface area contributed by atoms with Crippen molar-refractivity contribution >= 4 is 23.1 Å². The van der Waals surface area contributed by atoms with Crippen LogP contribution < -0.4 is 9.64 Å². The van der Waals surface area contributed by atoms with Crippen molar-refractivity contribution in [3.05, 3.63) is 91.0 Å². The van der Waals surface area contributed by atoms with Gasteiger partial charge in [-0.2, -0.15) is 0 Å². The van der Waals surface area contributed by atoms with Gasteiger partial charge in [0.05, 0.1) is 12.8 Å². The molecule has 0 aliphatic heterocycles. The average Bonchev–Trinajstić information content (AvgIpc) is 2.64. The summed E-state index contributed by atoms with van der Waals surface area (Å²) in [4.78, 5) is 2.19. The van der Waals surface area contributed by atoms with Crippen molar-refractivity contribution in [3.63, 3.8) is 0 Å². The molecule has 0 aliphatic carbocycles. The maximum absolute atomic E-state index is 5.56. The standard InChI is InChI=1S/C21H19NO/c1-3-17-13-15-19(16-14-17)22(18-9-5-4-6-10-18)20-11-7-8-12-21(20)23-2/h3-16H,1H2,2H3. The number of para-hydroxylation sites is 3. The topological polar surface area (TPSA) is 12.5 Å². The fraction of sp³-hybridized carbons (Fsp3) is 0.0476. The highest BCUT2D eigenvalue weighted by Gasteiger charge is 2.15. The highest BCUT2D eigenvalue weighted by Crippen LogP contribution is 2.39. The Kier molecular flexibility index (Phi) is 4.44. The predicted molar refractivity (Wildman–Crippen MR) is 97.8 cm³/mol. The van der Waals surface area contributed by atoms with Gasteiger partial charge in [0.15, 0.2) is 0 Å². The van der Waals surface area contributed by atoms with Crippen LogP contribution in [0.4, 0.5) is 17.1 Å². The Bertz CT molecular complexity index is 778. The van der Waals surface area contributed by atoms with Crippen molar-refractivity contribution in [1.29, 1.82) is 0 Å². The molecule has 0 amide bonds. The van der Waals surface area contributed by atoms with Crippen molar-refractivity contribution in [3.8, 4) is 5.75 Å². The quantitative estimate of drug-likeness (QED) is 0.590. The lowest BCUT2D eigenvalue weighted by atomic mass is 10.1. The molecule has 0 fully saturated rings. The number of methoxy groups -OCH3 is 1. The largest absolute Gasteiger partial charge is 0.495 e. The average molecular weight is 301 g/mol. The number of ether oxygens (including phenoxy) is 1. The molecule has 0 atom stereocenters. The maximum Gasteiger partial charge on any atom is 0.142 e. The summed E-state index contributed by atoms with van der Waals surface area (Å²) in [6.45, 7) is 3.82. The molecule has 0 aliphatic rings. The van der Waals surface area contributed by atoms with Gasteiger partial charge in [0, 0.05) is 11.4 Å². The second-order valence-electron chi connectivity index (χ2n) is 5.14. The molecule has 3 aromatic rings. The highest BCUT2D eigenvalue weighted by atomic mass is 16.5. The second kappa shape index (κ2) is 6.84. The molecular weight excluding hydrogens is 282 g/mol. The van der Waals surface area contributed by atoms with Crippen molar-refractivity contribution in [2.45, 2.75) is 0 Å². The van der Waals surface area contributed by atoms with Crippen LogP contribution in [0, 0.1) is 0 Å². The van der Waals surface area contributed by atoms with E-state index < -0.39 is 0 Å². The van der Waals surface area contributed by atoms with Gasteiger partial charge in [0.1, 0.15) is 5.75 Å². The summed E-state index contributed by atoms with van der Waals surface area (Å²) in [5, 5.41) is 0. The molecule has 0 spiro atoms. The zero-order chi connectivity index (χ0) is 16.1. The van der Waals surface area contributed by atoms with Gasteiger partial charge >= 0.3 is 0 Å². The Morgan fingerprint density at radius 1 is 0.783 bits per heavy atom. The zero-order valence-corrected chi connectivity index (χ0v) is 13.1. The first-order valence-electron chi connectivity index (χ1n) is 7.54. The Hall–Kier alpha value is -3.00. The number of nitrogens with zero attached hydrogens (tertiary/aromatic N) is 1. The van der Waals surface area contributed by atoms with Crippen LogP contribution in [0.15, 0.2) is 85.4 Å². The van der Waals surface area contributed by atoms with Gasteiger partial charge in [-0.1, -0.05) is 55.1 Å². The summed E-state index contributed by atoms with van der Waals surface area (Å²) in [7, 11) is 1.70. The van der Waals surface area contributed by atoms with Crippen molar-refractivity contribution in [2.24, 2.45) is 0 Å². The normalized spacial score (nSPS) is 10.1. The first kappa shape index (κ1) is 14.9. The van der Waals surface area contributed by atoms with Gasteiger partial charge < -0.3 is 9.64 Å². The van der Waals surface area contributed by atoms with E-state index in [0.717, 1.165) is 28.4 Å². The fourth-order valence-corrected chi connectivity index (χ4v) is 2.58. The first-order valence-corrected chi connectivity index (χ1v) is 7.54. The molecule has 2 heteroatoms. The summed E-state index contributed by atoms with van der Waals surface area (Å²) in [6, 6.07) is 26.6. The van der Waals surface area contributed by atoms with E-state index in [-0.39, 0.29) is 0 Å². The summed E-state index contributed by atoms with van der Waals surface area (Å²) < 4.78 is 5.56. The van der Waals surface area contributed by atoms with Gasteiger partial charge in [-0.15, -0.1) is 0 Å². The van der Waals surface area contributed by atoms with Gasteiger partial charge in [-0.25, -0.2) is 0 Å². The molecule has 0 radical (unpaired) electrons. The summed E-state index contributed by atoms with van der Waals surface area (Å²) in [5.74, 6) is 0.837. The molecule has 0 saturated heterocycles. The van der Waals surface area contributed by atoms with E-state index in [1.165, 1.54) is 0 Å². The number of benzene rings is 3. The minimum absolute atomic E-state index is 0.837. The van der Waals surface area contributed by atoms with E-state index in [1.807, 2.05) is 42.5 Å². The number of hydrogen-bond donors (Lipinski definition) is 0. The number of hydrogen-bond acceptors (Lipinski definition) is 2. The Labute approximate surface area is 137 Å². The van der Waals surface area contributed by atoms with Crippen LogP contribution in [0.1, 0.15) is 5.56 Å². The molecule has 23 heavy (non-hydrogen) atoms. The number of anilines is 3. The minimum atomic E-state index is 0.837. The molecular formula is C21H19NO. The lowest BCUT2D eigenvalue weighted by Crippen LogP contribution is -2.11. The molecule has 3 rings (SSSR count). The summed E-state index contributed by atoms with van der Waals surface area (Å²) >= 11 is 0. The molecule has 0 heterocycles. The third kappa shape index (κ3) is 3.11. The van der Waals surface area contributed by atoms with Crippen LogP contribution in [-0.4, -0.2) is 7.11 Å². The molecule has 0 aromatic heterocycles. The van der Waals surface area contributed by atoms with Crippen LogP contribution in [0.2, 0.25) is 0 Å². The fourth-order valence-electron chi connectivity index (χ4n) is 2.58. The second-order valence-corrected chi connectivity index (χ2v) is 5.14. The van der Waals surface area contributed by atoms with Gasteiger partial charge in [-0.3, -0.25) is 0 Å². The summed E-state index contributed by atoms with van der Waals surface area (Å²) in [6.07, 6.45) is 1.85. The lowest BCUT2D eigenvalue weighted by molar-refractivity contribution is 0.416. The molecule has 0 unspecified atom stereocenters. The van der Waals surface area contributed by atoms with Crippen LogP contribution >= 0.6 is 0 Å². The predicted octanol–water partition coefficient (Wildman–Crippen LogP) is 5.81.